The van der Waals surface area contributed by atoms with Gasteiger partial charge < -0.3 is 8.85 Å². The fourth-order valence-corrected chi connectivity index (χ4v) is 4.34. The molecule has 0 radical (unpaired) electrons. The van der Waals surface area contributed by atoms with Gasteiger partial charge in [0, 0.05) is 12.2 Å². The van der Waals surface area contributed by atoms with Crippen molar-refractivity contribution in [3.63, 3.8) is 0 Å². The summed E-state index contributed by atoms with van der Waals surface area (Å²) in [6, 6.07) is 8.56. The Labute approximate surface area is 120 Å². The molecule has 0 aliphatic carbocycles. The smallest absolute Gasteiger partial charge is 0.356 e. The second kappa shape index (κ2) is 8.51. The largest absolute Gasteiger partial charge is 0.390 e. The summed E-state index contributed by atoms with van der Waals surface area (Å²) >= 11 is 0. The molecule has 0 fully saturated rings. The molecule has 2 unspecified atom stereocenters. The number of aryl methyl sites for hydroxylation is 1. The van der Waals surface area contributed by atoms with Gasteiger partial charge in [-0.1, -0.05) is 45.0 Å². The average molecular weight is 280 g/mol. The highest BCUT2D eigenvalue weighted by Crippen LogP contribution is 2.09. The predicted octanol–water partition coefficient (Wildman–Crippen LogP) is 3.31. The van der Waals surface area contributed by atoms with Crippen LogP contribution in [-0.4, -0.2) is 21.5 Å². The molecule has 0 saturated carbocycles. The van der Waals surface area contributed by atoms with E-state index in [1.807, 2.05) is 0 Å². The first-order valence-electron chi connectivity index (χ1n) is 7.50. The van der Waals surface area contributed by atoms with Crippen molar-refractivity contribution >= 4 is 14.5 Å². The Bertz CT molecular complexity index is 356. The van der Waals surface area contributed by atoms with Crippen molar-refractivity contribution in [2.45, 2.75) is 66.1 Å². The van der Waals surface area contributed by atoms with Crippen LogP contribution in [0.15, 0.2) is 24.3 Å². The van der Waals surface area contributed by atoms with Crippen LogP contribution < -0.4 is 5.19 Å². The van der Waals surface area contributed by atoms with E-state index in [0.29, 0.717) is 0 Å². The minimum absolute atomic E-state index is 0.269. The summed E-state index contributed by atoms with van der Waals surface area (Å²) in [5.41, 5.74) is 1.37. The van der Waals surface area contributed by atoms with Crippen molar-refractivity contribution in [2.24, 2.45) is 0 Å². The Morgan fingerprint density at radius 1 is 0.947 bits per heavy atom. The molecular formula is C16H28O2Si. The summed E-state index contributed by atoms with van der Waals surface area (Å²) in [5.74, 6) is 0. The Balaban J connectivity index is 2.93. The van der Waals surface area contributed by atoms with Crippen molar-refractivity contribution in [3.8, 4) is 0 Å². The normalized spacial score (nSPS) is 16.1. The lowest BCUT2D eigenvalue weighted by Gasteiger charge is -2.25. The fraction of sp³-hybridized carbons (Fsp3) is 0.625. The third-order valence-corrected chi connectivity index (χ3v) is 6.05. The molecule has 0 bridgehead atoms. The summed E-state index contributed by atoms with van der Waals surface area (Å²) in [5, 5.41) is 1.31. The first-order valence-corrected chi connectivity index (χ1v) is 9.03. The third kappa shape index (κ3) is 5.09. The van der Waals surface area contributed by atoms with Crippen LogP contribution in [0.2, 0.25) is 0 Å². The number of hydrogen-bond acceptors (Lipinski definition) is 2. The van der Waals surface area contributed by atoms with Gasteiger partial charge in [0.15, 0.2) is 0 Å². The lowest BCUT2D eigenvalue weighted by Crippen LogP contribution is -2.43. The maximum Gasteiger partial charge on any atom is 0.356 e. The first kappa shape index (κ1) is 16.4. The molecular weight excluding hydrogens is 252 g/mol. The van der Waals surface area contributed by atoms with Gasteiger partial charge in [0.25, 0.3) is 0 Å². The SMILES string of the molecule is CCc1ccccc1[SiH](OC(C)CC)OC(C)CC. The van der Waals surface area contributed by atoms with Crippen LogP contribution >= 0.6 is 0 Å². The molecule has 108 valence electrons. The van der Waals surface area contributed by atoms with Gasteiger partial charge in [-0.3, -0.25) is 0 Å². The molecule has 0 N–H and O–H groups in total. The molecule has 0 amide bonds. The summed E-state index contributed by atoms with van der Waals surface area (Å²) in [4.78, 5) is 0. The van der Waals surface area contributed by atoms with Gasteiger partial charge in [0.05, 0.1) is 0 Å². The van der Waals surface area contributed by atoms with Gasteiger partial charge in [0.1, 0.15) is 0 Å². The minimum Gasteiger partial charge on any atom is -0.390 e. The lowest BCUT2D eigenvalue weighted by atomic mass is 10.2. The van der Waals surface area contributed by atoms with Crippen LogP contribution in [0.1, 0.15) is 53.0 Å². The first-order chi connectivity index (χ1) is 9.12. The standard InChI is InChI=1S/C16H28O2Si/c1-6-13(4)17-19(18-14(5)7-2)16-12-10-9-11-15(16)8-3/h9-14,19H,6-8H2,1-5H3. The summed E-state index contributed by atoms with van der Waals surface area (Å²) < 4.78 is 12.4. The number of rotatable bonds is 8. The topological polar surface area (TPSA) is 18.5 Å². The molecule has 0 aromatic heterocycles. The summed E-state index contributed by atoms with van der Waals surface area (Å²) in [6.45, 7) is 10.8. The zero-order valence-corrected chi connectivity index (χ0v) is 14.1. The fourth-order valence-electron chi connectivity index (χ4n) is 1.88. The molecule has 0 aliphatic heterocycles. The van der Waals surface area contributed by atoms with Gasteiger partial charge in [-0.25, -0.2) is 0 Å². The van der Waals surface area contributed by atoms with Crippen LogP contribution in [0.5, 0.6) is 0 Å². The molecule has 19 heavy (non-hydrogen) atoms. The van der Waals surface area contributed by atoms with E-state index in [0.717, 1.165) is 19.3 Å². The van der Waals surface area contributed by atoms with E-state index in [4.69, 9.17) is 8.85 Å². The number of hydrogen-bond donors (Lipinski definition) is 0. The third-order valence-electron chi connectivity index (χ3n) is 3.55. The molecule has 0 aliphatic rings. The summed E-state index contributed by atoms with van der Waals surface area (Å²) in [6.07, 6.45) is 3.63. The molecule has 0 heterocycles. The van der Waals surface area contributed by atoms with E-state index < -0.39 is 9.28 Å². The maximum atomic E-state index is 6.22. The molecule has 1 aromatic carbocycles. The highest BCUT2D eigenvalue weighted by Gasteiger charge is 2.23. The lowest BCUT2D eigenvalue weighted by molar-refractivity contribution is 0.119. The average Bonchev–Trinajstić information content (AvgIpc) is 2.46. The highest BCUT2D eigenvalue weighted by molar-refractivity contribution is 6.62. The van der Waals surface area contributed by atoms with Crippen LogP contribution in [0, 0.1) is 0 Å². The van der Waals surface area contributed by atoms with Crippen molar-refractivity contribution in [3.05, 3.63) is 29.8 Å². The molecule has 1 rings (SSSR count). The Morgan fingerprint density at radius 3 is 1.95 bits per heavy atom. The Morgan fingerprint density at radius 2 is 1.47 bits per heavy atom. The summed E-state index contributed by atoms with van der Waals surface area (Å²) in [7, 11) is -1.80. The van der Waals surface area contributed by atoms with Crippen LogP contribution in [-0.2, 0) is 15.3 Å². The predicted molar refractivity (Wildman–Crippen MR) is 84.3 cm³/mol. The second-order valence-electron chi connectivity index (χ2n) is 5.09. The van der Waals surface area contributed by atoms with E-state index in [1.165, 1.54) is 10.8 Å². The Hall–Kier alpha value is -0.643. The van der Waals surface area contributed by atoms with E-state index in [1.54, 1.807) is 0 Å². The Kier molecular flexibility index (Phi) is 7.35. The van der Waals surface area contributed by atoms with Crippen LogP contribution in [0.25, 0.3) is 0 Å². The van der Waals surface area contributed by atoms with E-state index >= 15 is 0 Å². The highest BCUT2D eigenvalue weighted by atomic mass is 28.3. The van der Waals surface area contributed by atoms with Crippen LogP contribution in [0.3, 0.4) is 0 Å². The number of benzene rings is 1. The van der Waals surface area contributed by atoms with E-state index in [-0.39, 0.29) is 12.2 Å². The molecule has 0 saturated heterocycles. The van der Waals surface area contributed by atoms with Gasteiger partial charge in [-0.2, -0.15) is 0 Å². The van der Waals surface area contributed by atoms with E-state index in [9.17, 15) is 0 Å². The van der Waals surface area contributed by atoms with Gasteiger partial charge in [0.2, 0.25) is 0 Å². The van der Waals surface area contributed by atoms with Crippen molar-refractivity contribution in [1.82, 2.24) is 0 Å². The van der Waals surface area contributed by atoms with Crippen molar-refractivity contribution in [1.29, 1.82) is 0 Å². The second-order valence-corrected chi connectivity index (χ2v) is 6.92. The molecule has 2 nitrogen and oxygen atoms in total. The quantitative estimate of drug-likeness (QED) is 0.680. The molecule has 1 aromatic rings. The van der Waals surface area contributed by atoms with Crippen molar-refractivity contribution < 1.29 is 8.85 Å². The van der Waals surface area contributed by atoms with Gasteiger partial charge >= 0.3 is 9.28 Å². The zero-order valence-electron chi connectivity index (χ0n) is 13.0. The zero-order chi connectivity index (χ0) is 14.3. The monoisotopic (exact) mass is 280 g/mol. The molecule has 2 atom stereocenters. The molecule has 3 heteroatoms. The maximum absolute atomic E-state index is 6.22. The van der Waals surface area contributed by atoms with E-state index in [2.05, 4.69) is 58.9 Å². The van der Waals surface area contributed by atoms with Gasteiger partial charge in [-0.15, -0.1) is 0 Å². The minimum atomic E-state index is -1.80. The van der Waals surface area contributed by atoms with Crippen LogP contribution in [0.4, 0.5) is 0 Å². The van der Waals surface area contributed by atoms with Gasteiger partial charge in [-0.05, 0) is 43.9 Å². The molecule has 0 spiro atoms. The van der Waals surface area contributed by atoms with Crippen molar-refractivity contribution in [2.75, 3.05) is 0 Å².